The van der Waals surface area contributed by atoms with E-state index in [0.717, 1.165) is 23.0 Å². The number of benzene rings is 1. The van der Waals surface area contributed by atoms with Gasteiger partial charge in [0.15, 0.2) is 16.6 Å². The van der Waals surface area contributed by atoms with E-state index in [0.29, 0.717) is 11.6 Å². The standard InChI is InChI=1S/C19H9ClF3N3O4/c20-17-14(29-12-4-1-10-2-6-16(27)30-13(10)7-12)9-25-26(18(17)28)15-5-3-11(8-24-15)19(21,22)23/h1-9H. The molecular weight excluding hydrogens is 427 g/mol. The van der Waals surface area contributed by atoms with Gasteiger partial charge < -0.3 is 9.15 Å². The van der Waals surface area contributed by atoms with Crippen molar-refractivity contribution in [2.24, 2.45) is 0 Å². The summed E-state index contributed by atoms with van der Waals surface area (Å²) in [4.78, 5) is 27.4. The molecule has 152 valence electrons. The van der Waals surface area contributed by atoms with Crippen LogP contribution in [0.15, 0.2) is 68.9 Å². The molecule has 0 radical (unpaired) electrons. The van der Waals surface area contributed by atoms with E-state index in [1.54, 1.807) is 18.2 Å². The molecule has 4 aromatic rings. The quantitative estimate of drug-likeness (QED) is 0.448. The molecule has 0 saturated heterocycles. The van der Waals surface area contributed by atoms with Gasteiger partial charge in [0.25, 0.3) is 5.56 Å². The van der Waals surface area contributed by atoms with Gasteiger partial charge in [-0.1, -0.05) is 11.6 Å². The molecule has 0 fully saturated rings. The lowest BCUT2D eigenvalue weighted by Crippen LogP contribution is -2.23. The van der Waals surface area contributed by atoms with Crippen LogP contribution in [0.1, 0.15) is 5.56 Å². The van der Waals surface area contributed by atoms with Gasteiger partial charge in [-0.2, -0.15) is 23.0 Å². The summed E-state index contributed by atoms with van der Waals surface area (Å²) in [5, 5.41) is 4.15. The maximum Gasteiger partial charge on any atom is 0.417 e. The lowest BCUT2D eigenvalue weighted by atomic mass is 10.2. The fourth-order valence-corrected chi connectivity index (χ4v) is 2.73. The second-order valence-corrected chi connectivity index (χ2v) is 6.38. The van der Waals surface area contributed by atoms with Crippen LogP contribution in [0, 0.1) is 0 Å². The molecule has 3 heterocycles. The van der Waals surface area contributed by atoms with Crippen LogP contribution in [0.3, 0.4) is 0 Å². The Morgan fingerprint density at radius 2 is 1.80 bits per heavy atom. The number of rotatable bonds is 3. The first kappa shape index (κ1) is 19.6. The van der Waals surface area contributed by atoms with Crippen LogP contribution in [0.2, 0.25) is 5.02 Å². The van der Waals surface area contributed by atoms with Gasteiger partial charge in [0.1, 0.15) is 11.3 Å². The predicted octanol–water partition coefficient (Wildman–Crippen LogP) is 4.20. The average molecular weight is 436 g/mol. The minimum absolute atomic E-state index is 0.0949. The Hall–Kier alpha value is -3.66. The van der Waals surface area contributed by atoms with Gasteiger partial charge in [0.05, 0.1) is 11.8 Å². The molecule has 0 amide bonds. The summed E-state index contributed by atoms with van der Waals surface area (Å²) < 4.78 is 49.3. The van der Waals surface area contributed by atoms with E-state index in [2.05, 4.69) is 10.1 Å². The minimum Gasteiger partial charge on any atom is -0.454 e. The Morgan fingerprint density at radius 1 is 1.03 bits per heavy atom. The maximum atomic E-state index is 12.7. The first-order chi connectivity index (χ1) is 14.2. The zero-order valence-electron chi connectivity index (χ0n) is 14.7. The van der Waals surface area contributed by atoms with Crippen molar-refractivity contribution in [1.82, 2.24) is 14.8 Å². The van der Waals surface area contributed by atoms with Gasteiger partial charge in [-0.15, -0.1) is 0 Å². The molecule has 30 heavy (non-hydrogen) atoms. The van der Waals surface area contributed by atoms with Crippen LogP contribution >= 0.6 is 11.6 Å². The third-order valence-corrected chi connectivity index (χ3v) is 4.35. The average Bonchev–Trinajstić information content (AvgIpc) is 2.71. The van der Waals surface area contributed by atoms with Crippen LogP contribution < -0.4 is 15.9 Å². The molecule has 0 saturated carbocycles. The van der Waals surface area contributed by atoms with E-state index in [9.17, 15) is 22.8 Å². The van der Waals surface area contributed by atoms with E-state index in [1.807, 2.05) is 0 Å². The first-order valence-corrected chi connectivity index (χ1v) is 8.63. The number of fused-ring (bicyclic) bond motifs is 1. The molecule has 0 aliphatic heterocycles. The monoisotopic (exact) mass is 435 g/mol. The van der Waals surface area contributed by atoms with Gasteiger partial charge in [-0.3, -0.25) is 4.79 Å². The lowest BCUT2D eigenvalue weighted by Gasteiger charge is -2.10. The van der Waals surface area contributed by atoms with Crippen molar-refractivity contribution < 1.29 is 22.3 Å². The first-order valence-electron chi connectivity index (χ1n) is 8.25. The smallest absolute Gasteiger partial charge is 0.417 e. The molecular formula is C19H9ClF3N3O4. The van der Waals surface area contributed by atoms with Crippen LogP contribution in [0.25, 0.3) is 16.8 Å². The van der Waals surface area contributed by atoms with Crippen molar-refractivity contribution in [2.75, 3.05) is 0 Å². The van der Waals surface area contributed by atoms with E-state index in [1.165, 1.54) is 12.1 Å². The molecule has 0 aliphatic carbocycles. The fourth-order valence-electron chi connectivity index (χ4n) is 2.56. The number of pyridine rings is 1. The Balaban J connectivity index is 1.66. The molecule has 0 spiro atoms. The third-order valence-electron chi connectivity index (χ3n) is 4.00. The SMILES string of the molecule is O=c1ccc2ccc(Oc3cnn(-c4ccc(C(F)(F)F)cn4)c(=O)c3Cl)cc2o1. The van der Waals surface area contributed by atoms with E-state index < -0.39 is 22.9 Å². The Morgan fingerprint density at radius 3 is 2.50 bits per heavy atom. The number of alkyl halides is 3. The number of nitrogens with zero attached hydrogens (tertiary/aromatic N) is 3. The van der Waals surface area contributed by atoms with Gasteiger partial charge in [0, 0.05) is 23.7 Å². The Kier molecular flexibility index (Phi) is 4.78. The summed E-state index contributed by atoms with van der Waals surface area (Å²) in [6, 6.07) is 9.28. The highest BCUT2D eigenvalue weighted by Gasteiger charge is 2.30. The highest BCUT2D eigenvalue weighted by Crippen LogP contribution is 2.30. The van der Waals surface area contributed by atoms with E-state index in [-0.39, 0.29) is 27.9 Å². The molecule has 0 N–H and O–H groups in total. The molecule has 0 aliphatic rings. The van der Waals surface area contributed by atoms with Crippen molar-refractivity contribution in [3.8, 4) is 17.3 Å². The van der Waals surface area contributed by atoms with Crippen molar-refractivity contribution in [3.63, 3.8) is 0 Å². The second-order valence-electron chi connectivity index (χ2n) is 6.00. The van der Waals surface area contributed by atoms with Crippen molar-refractivity contribution >= 4 is 22.6 Å². The summed E-state index contributed by atoms with van der Waals surface area (Å²) in [6.45, 7) is 0. The van der Waals surface area contributed by atoms with Crippen LogP contribution in [-0.4, -0.2) is 14.8 Å². The molecule has 0 unspecified atom stereocenters. The summed E-state index contributed by atoms with van der Waals surface area (Å²) >= 11 is 6.07. The highest BCUT2D eigenvalue weighted by atomic mass is 35.5. The number of halogens is 4. The van der Waals surface area contributed by atoms with E-state index >= 15 is 0 Å². The Labute approximate surface area is 169 Å². The van der Waals surface area contributed by atoms with Crippen molar-refractivity contribution in [2.45, 2.75) is 6.18 Å². The third kappa shape index (κ3) is 3.77. The molecule has 1 aromatic carbocycles. The fraction of sp³-hybridized carbons (Fsp3) is 0.0526. The minimum atomic E-state index is -4.56. The van der Waals surface area contributed by atoms with Gasteiger partial charge in [0.2, 0.25) is 0 Å². The molecule has 0 atom stereocenters. The number of aromatic nitrogens is 3. The van der Waals surface area contributed by atoms with Gasteiger partial charge in [-0.05, 0) is 30.3 Å². The van der Waals surface area contributed by atoms with Gasteiger partial charge in [-0.25, -0.2) is 9.78 Å². The zero-order valence-corrected chi connectivity index (χ0v) is 15.4. The highest BCUT2D eigenvalue weighted by molar-refractivity contribution is 6.31. The topological polar surface area (TPSA) is 87.2 Å². The summed E-state index contributed by atoms with van der Waals surface area (Å²) in [7, 11) is 0. The molecule has 4 rings (SSSR count). The second kappa shape index (κ2) is 7.30. The van der Waals surface area contributed by atoms with Crippen LogP contribution in [0.5, 0.6) is 11.5 Å². The molecule has 7 nitrogen and oxygen atoms in total. The number of hydrogen-bond acceptors (Lipinski definition) is 6. The summed E-state index contributed by atoms with van der Waals surface area (Å²) in [6.07, 6.45) is -2.85. The Bertz CT molecular complexity index is 1360. The summed E-state index contributed by atoms with van der Waals surface area (Å²) in [5.74, 6) is -0.0123. The normalized spacial score (nSPS) is 11.6. The molecule has 0 bridgehead atoms. The zero-order chi connectivity index (χ0) is 21.5. The van der Waals surface area contributed by atoms with Gasteiger partial charge >= 0.3 is 11.8 Å². The number of ether oxygens (including phenoxy) is 1. The predicted molar refractivity (Wildman–Crippen MR) is 100 cm³/mol. The lowest BCUT2D eigenvalue weighted by molar-refractivity contribution is -0.137. The van der Waals surface area contributed by atoms with Crippen molar-refractivity contribution in [1.29, 1.82) is 0 Å². The van der Waals surface area contributed by atoms with Crippen LogP contribution in [-0.2, 0) is 6.18 Å². The summed E-state index contributed by atoms with van der Waals surface area (Å²) in [5.41, 5.74) is -2.07. The molecule has 3 aromatic heterocycles. The van der Waals surface area contributed by atoms with Crippen LogP contribution in [0.4, 0.5) is 13.2 Å². The number of hydrogen-bond donors (Lipinski definition) is 0. The maximum absolute atomic E-state index is 12.7. The van der Waals surface area contributed by atoms with E-state index in [4.69, 9.17) is 20.8 Å². The largest absolute Gasteiger partial charge is 0.454 e. The van der Waals surface area contributed by atoms with Crippen molar-refractivity contribution in [3.05, 3.63) is 86.2 Å². The molecule has 11 heteroatoms.